The zero-order chi connectivity index (χ0) is 10.8. The van der Waals surface area contributed by atoms with E-state index in [0.29, 0.717) is 5.92 Å². The Bertz CT molecular complexity index is 202. The molecular formula is C12H22O2. The number of aliphatic carboxylic acids is 1. The maximum Gasteiger partial charge on any atom is 0.306 e. The van der Waals surface area contributed by atoms with Crippen molar-refractivity contribution in [1.29, 1.82) is 0 Å². The van der Waals surface area contributed by atoms with Crippen molar-refractivity contribution in [2.75, 3.05) is 0 Å². The third-order valence-corrected chi connectivity index (χ3v) is 4.14. The van der Waals surface area contributed by atoms with Crippen molar-refractivity contribution in [2.24, 2.45) is 17.3 Å². The highest BCUT2D eigenvalue weighted by Crippen LogP contribution is 2.43. The number of hydrogen-bond donors (Lipinski definition) is 1. The van der Waals surface area contributed by atoms with E-state index in [2.05, 4.69) is 13.8 Å². The van der Waals surface area contributed by atoms with E-state index >= 15 is 0 Å². The molecule has 0 aromatic heterocycles. The molecule has 0 radical (unpaired) electrons. The third kappa shape index (κ3) is 2.28. The fourth-order valence-corrected chi connectivity index (χ4v) is 2.52. The van der Waals surface area contributed by atoms with E-state index < -0.39 is 5.97 Å². The van der Waals surface area contributed by atoms with Gasteiger partial charge < -0.3 is 5.11 Å². The van der Waals surface area contributed by atoms with E-state index in [4.69, 9.17) is 5.11 Å². The Kier molecular flexibility index (Phi) is 3.57. The number of carbonyl (C=O) groups is 1. The molecule has 2 heteroatoms. The van der Waals surface area contributed by atoms with Crippen molar-refractivity contribution in [3.05, 3.63) is 0 Å². The maximum atomic E-state index is 11.0. The summed E-state index contributed by atoms with van der Waals surface area (Å²) >= 11 is 0. The van der Waals surface area contributed by atoms with Gasteiger partial charge in [-0.2, -0.15) is 0 Å². The molecule has 1 rings (SSSR count). The fraction of sp³-hybridized carbons (Fsp3) is 0.917. The molecule has 1 saturated carbocycles. The summed E-state index contributed by atoms with van der Waals surface area (Å²) in [6.45, 7) is 6.07. The van der Waals surface area contributed by atoms with Crippen LogP contribution >= 0.6 is 0 Å². The Hall–Kier alpha value is -0.530. The molecule has 1 N–H and O–H groups in total. The first-order valence-electron chi connectivity index (χ1n) is 5.69. The van der Waals surface area contributed by atoms with Crippen LogP contribution in [0.15, 0.2) is 0 Å². The first-order chi connectivity index (χ1) is 6.46. The molecule has 0 aromatic rings. The van der Waals surface area contributed by atoms with Gasteiger partial charge in [0.1, 0.15) is 0 Å². The van der Waals surface area contributed by atoms with Crippen LogP contribution in [0, 0.1) is 17.3 Å². The lowest BCUT2D eigenvalue weighted by Crippen LogP contribution is -2.36. The molecule has 1 aliphatic carbocycles. The van der Waals surface area contributed by atoms with Crippen LogP contribution in [-0.2, 0) is 4.79 Å². The molecule has 0 spiro atoms. The van der Waals surface area contributed by atoms with Crippen LogP contribution in [-0.4, -0.2) is 11.1 Å². The molecule has 1 aliphatic rings. The minimum atomic E-state index is -0.652. The van der Waals surface area contributed by atoms with E-state index in [1.807, 2.05) is 6.92 Å². The number of rotatable bonds is 3. The van der Waals surface area contributed by atoms with Gasteiger partial charge in [0.15, 0.2) is 0 Å². The van der Waals surface area contributed by atoms with Crippen molar-refractivity contribution < 1.29 is 9.90 Å². The lowest BCUT2D eigenvalue weighted by atomic mass is 9.65. The Labute approximate surface area is 86.7 Å². The minimum absolute atomic E-state index is 0.0494. The molecule has 0 amide bonds. The second-order valence-corrected chi connectivity index (χ2v) is 5.22. The van der Waals surface area contributed by atoms with E-state index in [0.717, 1.165) is 0 Å². The van der Waals surface area contributed by atoms with Crippen molar-refractivity contribution >= 4 is 5.97 Å². The van der Waals surface area contributed by atoms with Crippen LogP contribution in [0.25, 0.3) is 0 Å². The molecule has 1 fully saturated rings. The van der Waals surface area contributed by atoms with Gasteiger partial charge in [-0.25, -0.2) is 0 Å². The zero-order valence-electron chi connectivity index (χ0n) is 9.55. The summed E-state index contributed by atoms with van der Waals surface area (Å²) in [5.74, 6) is -0.284. The lowest BCUT2D eigenvalue weighted by molar-refractivity contribution is -0.146. The van der Waals surface area contributed by atoms with E-state index in [1.54, 1.807) is 0 Å². The van der Waals surface area contributed by atoms with Gasteiger partial charge >= 0.3 is 5.97 Å². The van der Waals surface area contributed by atoms with Crippen molar-refractivity contribution in [2.45, 2.75) is 52.9 Å². The molecule has 0 aliphatic heterocycles. The van der Waals surface area contributed by atoms with Crippen LogP contribution in [0.2, 0.25) is 0 Å². The standard InChI is InChI=1S/C12H22O2/c1-9(11(13)14)12(2,3)10-7-5-4-6-8-10/h9-10H,4-8H2,1-3H3,(H,13,14). The lowest BCUT2D eigenvalue weighted by Gasteiger charge is -2.39. The quantitative estimate of drug-likeness (QED) is 0.755. The van der Waals surface area contributed by atoms with E-state index in [9.17, 15) is 4.79 Å². The predicted molar refractivity (Wildman–Crippen MR) is 57.2 cm³/mol. The van der Waals surface area contributed by atoms with Gasteiger partial charge in [-0.15, -0.1) is 0 Å². The zero-order valence-corrected chi connectivity index (χ0v) is 9.55. The Morgan fingerprint density at radius 2 is 1.79 bits per heavy atom. The van der Waals surface area contributed by atoms with Crippen LogP contribution in [0.1, 0.15) is 52.9 Å². The molecule has 14 heavy (non-hydrogen) atoms. The third-order valence-electron chi connectivity index (χ3n) is 4.14. The van der Waals surface area contributed by atoms with Gasteiger partial charge in [0.05, 0.1) is 5.92 Å². The Morgan fingerprint density at radius 3 is 2.21 bits per heavy atom. The normalized spacial score (nSPS) is 21.9. The predicted octanol–water partition coefficient (Wildman–Crippen LogP) is 3.31. The fourth-order valence-electron chi connectivity index (χ4n) is 2.52. The summed E-state index contributed by atoms with van der Waals surface area (Å²) in [7, 11) is 0. The summed E-state index contributed by atoms with van der Waals surface area (Å²) in [5, 5.41) is 9.05. The Morgan fingerprint density at radius 1 is 1.29 bits per heavy atom. The molecule has 0 bridgehead atoms. The summed E-state index contributed by atoms with van der Waals surface area (Å²) in [4.78, 5) is 11.0. The van der Waals surface area contributed by atoms with Crippen LogP contribution in [0.5, 0.6) is 0 Å². The minimum Gasteiger partial charge on any atom is -0.481 e. The molecule has 0 aromatic carbocycles. The van der Waals surface area contributed by atoms with Gasteiger partial charge in [-0.05, 0) is 24.2 Å². The van der Waals surface area contributed by atoms with Gasteiger partial charge in [0.2, 0.25) is 0 Å². The molecule has 1 unspecified atom stereocenters. The smallest absolute Gasteiger partial charge is 0.306 e. The Balaban J connectivity index is 2.66. The first-order valence-corrected chi connectivity index (χ1v) is 5.69. The SMILES string of the molecule is CC(C(=O)O)C(C)(C)C1CCCCC1. The van der Waals surface area contributed by atoms with Gasteiger partial charge in [0, 0.05) is 0 Å². The average molecular weight is 198 g/mol. The highest BCUT2D eigenvalue weighted by Gasteiger charge is 2.38. The highest BCUT2D eigenvalue weighted by molar-refractivity contribution is 5.70. The summed E-state index contributed by atoms with van der Waals surface area (Å²) in [6, 6.07) is 0. The van der Waals surface area contributed by atoms with Crippen molar-refractivity contribution in [1.82, 2.24) is 0 Å². The van der Waals surface area contributed by atoms with Crippen LogP contribution in [0.4, 0.5) is 0 Å². The average Bonchev–Trinajstić information content (AvgIpc) is 2.18. The second-order valence-electron chi connectivity index (χ2n) is 5.22. The molecule has 0 saturated heterocycles. The van der Waals surface area contributed by atoms with Crippen molar-refractivity contribution in [3.8, 4) is 0 Å². The summed E-state index contributed by atoms with van der Waals surface area (Å²) in [5.41, 5.74) is -0.0494. The molecule has 0 heterocycles. The summed E-state index contributed by atoms with van der Waals surface area (Å²) < 4.78 is 0. The van der Waals surface area contributed by atoms with Crippen LogP contribution < -0.4 is 0 Å². The van der Waals surface area contributed by atoms with Crippen LogP contribution in [0.3, 0.4) is 0 Å². The largest absolute Gasteiger partial charge is 0.481 e. The number of carboxylic acids is 1. The van der Waals surface area contributed by atoms with Gasteiger partial charge in [-0.1, -0.05) is 40.0 Å². The van der Waals surface area contributed by atoms with E-state index in [1.165, 1.54) is 32.1 Å². The van der Waals surface area contributed by atoms with Crippen molar-refractivity contribution in [3.63, 3.8) is 0 Å². The first kappa shape index (κ1) is 11.5. The molecule has 82 valence electrons. The number of hydrogen-bond acceptors (Lipinski definition) is 1. The number of carboxylic acid groups (broad SMARTS) is 1. The van der Waals surface area contributed by atoms with Gasteiger partial charge in [-0.3, -0.25) is 4.79 Å². The molecular weight excluding hydrogens is 176 g/mol. The second kappa shape index (κ2) is 4.33. The highest BCUT2D eigenvalue weighted by atomic mass is 16.4. The van der Waals surface area contributed by atoms with E-state index in [-0.39, 0.29) is 11.3 Å². The van der Waals surface area contributed by atoms with Gasteiger partial charge in [0.25, 0.3) is 0 Å². The monoisotopic (exact) mass is 198 g/mol. The topological polar surface area (TPSA) is 37.3 Å². The molecule has 2 nitrogen and oxygen atoms in total. The maximum absolute atomic E-state index is 11.0. The summed E-state index contributed by atoms with van der Waals surface area (Å²) in [6.07, 6.45) is 6.31. The molecule has 1 atom stereocenters.